The Morgan fingerprint density at radius 1 is 1.21 bits per heavy atom. The summed E-state index contributed by atoms with van der Waals surface area (Å²) >= 11 is 0. The second-order valence-corrected chi connectivity index (χ2v) is 7.98. The number of benzene rings is 2. The Balaban J connectivity index is 1.71. The van der Waals surface area contributed by atoms with Crippen molar-refractivity contribution in [1.29, 1.82) is 0 Å². The van der Waals surface area contributed by atoms with Gasteiger partial charge in [0.2, 0.25) is 0 Å². The fourth-order valence-electron chi connectivity index (χ4n) is 4.35. The summed E-state index contributed by atoms with van der Waals surface area (Å²) in [5.74, 6) is 0.815. The first-order valence-corrected chi connectivity index (χ1v) is 10.3. The second kappa shape index (κ2) is 8.23. The highest BCUT2D eigenvalue weighted by Gasteiger charge is 2.20. The first-order valence-electron chi connectivity index (χ1n) is 10.3. The van der Waals surface area contributed by atoms with Crippen LogP contribution in [0.2, 0.25) is 0 Å². The molecule has 0 amide bonds. The summed E-state index contributed by atoms with van der Waals surface area (Å²) in [6.45, 7) is 1.85. The molecule has 0 saturated heterocycles. The lowest BCUT2D eigenvalue weighted by molar-refractivity contribution is 0.337. The molecule has 4 rings (SSSR count). The van der Waals surface area contributed by atoms with Crippen molar-refractivity contribution < 1.29 is 9.50 Å². The third-order valence-corrected chi connectivity index (χ3v) is 5.98. The molecule has 2 N–H and O–H groups in total. The van der Waals surface area contributed by atoms with E-state index in [1.165, 1.54) is 42.7 Å². The number of halogens is 1. The maximum atomic E-state index is 14.4. The topological polar surface area (TPSA) is 70.9 Å². The van der Waals surface area contributed by atoms with Crippen LogP contribution in [0.3, 0.4) is 0 Å². The number of nitrogens with zero attached hydrogens (tertiary/aromatic N) is 2. The van der Waals surface area contributed by atoms with Crippen LogP contribution in [0.15, 0.2) is 41.2 Å². The van der Waals surface area contributed by atoms with Crippen molar-refractivity contribution in [2.45, 2.75) is 51.9 Å². The molecular weight excluding hydrogens is 369 g/mol. The second-order valence-electron chi connectivity index (χ2n) is 7.98. The Bertz CT molecular complexity index is 1060. The summed E-state index contributed by atoms with van der Waals surface area (Å²) in [6, 6.07) is 9.73. The zero-order valence-electron chi connectivity index (χ0n) is 16.6. The van der Waals surface area contributed by atoms with E-state index in [1.54, 1.807) is 24.3 Å². The van der Waals surface area contributed by atoms with E-state index >= 15 is 0 Å². The number of aromatic hydroxyl groups is 1. The molecule has 1 aliphatic carbocycles. The monoisotopic (exact) mass is 395 g/mol. The highest BCUT2D eigenvalue weighted by Crippen LogP contribution is 2.33. The van der Waals surface area contributed by atoms with E-state index in [9.17, 15) is 14.3 Å². The van der Waals surface area contributed by atoms with Gasteiger partial charge in [0.15, 0.2) is 5.82 Å². The fourth-order valence-corrected chi connectivity index (χ4v) is 4.35. The molecule has 3 aromatic rings. The Morgan fingerprint density at radius 2 is 1.97 bits per heavy atom. The zero-order valence-corrected chi connectivity index (χ0v) is 16.6. The maximum absolute atomic E-state index is 14.4. The van der Waals surface area contributed by atoms with Crippen molar-refractivity contribution >= 4 is 0 Å². The summed E-state index contributed by atoms with van der Waals surface area (Å²) in [4.78, 5) is 12.4. The van der Waals surface area contributed by atoms with Crippen molar-refractivity contribution in [1.82, 2.24) is 14.8 Å². The number of phenolic OH excluding ortho intramolecular Hbond substituents is 1. The number of aryl methyl sites for hydroxylation is 2. The predicted molar refractivity (Wildman–Crippen MR) is 111 cm³/mol. The molecule has 6 heteroatoms. The van der Waals surface area contributed by atoms with E-state index in [4.69, 9.17) is 0 Å². The number of nitrogens with one attached hydrogen (secondary N) is 1. The molecule has 2 aromatic carbocycles. The van der Waals surface area contributed by atoms with Crippen LogP contribution >= 0.6 is 0 Å². The predicted octanol–water partition coefficient (Wildman–Crippen LogP) is 4.89. The molecule has 0 aliphatic heterocycles. The van der Waals surface area contributed by atoms with Crippen LogP contribution < -0.4 is 5.69 Å². The summed E-state index contributed by atoms with van der Waals surface area (Å²) in [5, 5.41) is 17.1. The summed E-state index contributed by atoms with van der Waals surface area (Å²) < 4.78 is 15.6. The van der Waals surface area contributed by atoms with Gasteiger partial charge >= 0.3 is 5.69 Å². The van der Waals surface area contributed by atoms with Gasteiger partial charge in [-0.15, -0.1) is 0 Å². The van der Waals surface area contributed by atoms with E-state index < -0.39 is 11.5 Å². The van der Waals surface area contributed by atoms with Gasteiger partial charge in [-0.2, -0.15) is 5.10 Å². The van der Waals surface area contributed by atoms with Crippen LogP contribution in [0.25, 0.3) is 17.1 Å². The van der Waals surface area contributed by atoms with Gasteiger partial charge in [-0.3, -0.25) is 0 Å². The van der Waals surface area contributed by atoms with Crippen LogP contribution in [0, 0.1) is 18.7 Å². The SMILES string of the molecule is Cc1cc(O)c(CCC2CCCCC2)cc1-c1n[nH]c(=O)n1-c1ccccc1F. The van der Waals surface area contributed by atoms with E-state index in [-0.39, 0.29) is 11.4 Å². The van der Waals surface area contributed by atoms with Gasteiger partial charge in [-0.25, -0.2) is 18.9 Å². The van der Waals surface area contributed by atoms with Gasteiger partial charge in [0.25, 0.3) is 0 Å². The molecule has 0 bridgehead atoms. The minimum atomic E-state index is -0.499. The van der Waals surface area contributed by atoms with Crippen molar-refractivity contribution in [2.24, 2.45) is 5.92 Å². The molecule has 1 heterocycles. The lowest BCUT2D eigenvalue weighted by atomic mass is 9.85. The minimum Gasteiger partial charge on any atom is -0.508 e. The van der Waals surface area contributed by atoms with Gasteiger partial charge in [-0.05, 0) is 61.1 Å². The molecular formula is C23H26FN3O2. The molecule has 29 heavy (non-hydrogen) atoms. The third-order valence-electron chi connectivity index (χ3n) is 5.98. The average molecular weight is 395 g/mol. The van der Waals surface area contributed by atoms with Crippen LogP contribution in [0.5, 0.6) is 5.75 Å². The summed E-state index contributed by atoms with van der Waals surface area (Å²) in [5.41, 5.74) is 1.98. The standard InChI is InChI=1S/C23H26FN3O2/c1-15-13-21(28)17(12-11-16-7-3-2-4-8-16)14-18(15)22-25-26-23(29)27(22)20-10-6-5-9-19(20)24/h5-6,9-10,13-14,16,28H,2-4,7-8,11-12H2,1H3,(H,26,29). The summed E-state index contributed by atoms with van der Waals surface area (Å²) in [6.07, 6.45) is 8.23. The zero-order chi connectivity index (χ0) is 20.4. The van der Waals surface area contributed by atoms with E-state index in [1.807, 2.05) is 13.0 Å². The fraction of sp³-hybridized carbons (Fsp3) is 0.391. The Morgan fingerprint density at radius 3 is 2.72 bits per heavy atom. The number of hydrogen-bond acceptors (Lipinski definition) is 3. The first kappa shape index (κ1) is 19.4. The molecule has 5 nitrogen and oxygen atoms in total. The molecule has 152 valence electrons. The van der Waals surface area contributed by atoms with Gasteiger partial charge in [0, 0.05) is 5.56 Å². The quantitative estimate of drug-likeness (QED) is 0.646. The number of H-pyrrole nitrogens is 1. The Kier molecular flexibility index (Phi) is 5.51. The van der Waals surface area contributed by atoms with E-state index in [2.05, 4.69) is 10.2 Å². The number of rotatable bonds is 5. The highest BCUT2D eigenvalue weighted by atomic mass is 19.1. The number of para-hydroxylation sites is 1. The number of aromatic amines is 1. The first-order chi connectivity index (χ1) is 14.0. The Labute approximate surface area is 169 Å². The van der Waals surface area contributed by atoms with Crippen molar-refractivity contribution in [2.75, 3.05) is 0 Å². The lowest BCUT2D eigenvalue weighted by Gasteiger charge is -2.21. The molecule has 0 spiro atoms. The van der Waals surface area contributed by atoms with E-state index in [0.29, 0.717) is 17.3 Å². The van der Waals surface area contributed by atoms with Gasteiger partial charge in [0.05, 0.1) is 5.69 Å². The minimum absolute atomic E-state index is 0.150. The van der Waals surface area contributed by atoms with Gasteiger partial charge in [0.1, 0.15) is 11.6 Å². The van der Waals surface area contributed by atoms with Crippen LogP contribution in [0.1, 0.15) is 49.7 Å². The van der Waals surface area contributed by atoms with Crippen LogP contribution in [-0.4, -0.2) is 19.9 Å². The molecule has 1 fully saturated rings. The van der Waals surface area contributed by atoms with Crippen molar-refractivity contribution in [3.05, 3.63) is 63.8 Å². The largest absolute Gasteiger partial charge is 0.508 e. The molecule has 1 aromatic heterocycles. The lowest BCUT2D eigenvalue weighted by Crippen LogP contribution is -2.17. The molecule has 1 aliphatic rings. The number of hydrogen-bond donors (Lipinski definition) is 2. The molecule has 1 saturated carbocycles. The highest BCUT2D eigenvalue weighted by molar-refractivity contribution is 5.65. The Hall–Kier alpha value is -2.89. The normalized spacial score (nSPS) is 15.0. The average Bonchev–Trinajstić information content (AvgIpc) is 3.09. The van der Waals surface area contributed by atoms with Crippen molar-refractivity contribution in [3.8, 4) is 22.8 Å². The van der Waals surface area contributed by atoms with Crippen LogP contribution in [0.4, 0.5) is 4.39 Å². The molecule has 0 unspecified atom stereocenters. The van der Waals surface area contributed by atoms with E-state index in [0.717, 1.165) is 24.0 Å². The van der Waals surface area contributed by atoms with Crippen molar-refractivity contribution in [3.63, 3.8) is 0 Å². The number of phenols is 1. The van der Waals surface area contributed by atoms with Crippen LogP contribution in [-0.2, 0) is 6.42 Å². The van der Waals surface area contributed by atoms with Gasteiger partial charge in [-0.1, -0.05) is 44.2 Å². The van der Waals surface area contributed by atoms with Gasteiger partial charge < -0.3 is 5.11 Å². The smallest absolute Gasteiger partial charge is 0.348 e. The maximum Gasteiger partial charge on any atom is 0.348 e. The number of aromatic nitrogens is 3. The molecule has 0 atom stereocenters. The molecule has 0 radical (unpaired) electrons. The third kappa shape index (κ3) is 3.97. The summed E-state index contributed by atoms with van der Waals surface area (Å²) in [7, 11) is 0.